The van der Waals surface area contributed by atoms with Crippen molar-refractivity contribution in [1.82, 2.24) is 15.5 Å². The molecule has 3 N–H and O–H groups in total. The van der Waals surface area contributed by atoms with Crippen LogP contribution in [-0.2, 0) is 0 Å². The second-order valence-electron chi connectivity index (χ2n) is 5.54. The molecule has 0 saturated carbocycles. The average Bonchev–Trinajstić information content (AvgIpc) is 3.20. The number of hydrogen-bond donors (Lipinski definition) is 3. The predicted octanol–water partition coefficient (Wildman–Crippen LogP) is 2.55. The molecule has 1 heterocycles. The number of aliphatic hydroxyl groups excluding tert-OH is 1. The molecule has 2 aromatic carbocycles. The number of carbonyl (C=O) groups excluding carboxylic acids is 1. The van der Waals surface area contributed by atoms with Gasteiger partial charge in [-0.1, -0.05) is 36.4 Å². The normalized spacial score (nSPS) is 11.8. The third-order valence-electron chi connectivity index (χ3n) is 3.92. The first-order valence-electron chi connectivity index (χ1n) is 7.87. The molecule has 128 valence electrons. The van der Waals surface area contributed by atoms with Crippen molar-refractivity contribution in [2.45, 2.75) is 6.10 Å². The van der Waals surface area contributed by atoms with Gasteiger partial charge in [0.05, 0.1) is 25.0 Å². The number of nitrogens with zero attached hydrogens (tertiary/aromatic N) is 1. The van der Waals surface area contributed by atoms with E-state index in [1.54, 1.807) is 24.5 Å². The fourth-order valence-electron chi connectivity index (χ4n) is 2.54. The van der Waals surface area contributed by atoms with Gasteiger partial charge in [0.1, 0.15) is 5.75 Å². The number of rotatable bonds is 6. The first-order chi connectivity index (χ1) is 12.2. The highest BCUT2D eigenvalue weighted by atomic mass is 16.5. The Bertz CT molecular complexity index is 832. The lowest BCUT2D eigenvalue weighted by Crippen LogP contribution is -2.28. The standard InChI is InChI=1S/C19H19N3O3/c1-25-18-9-14(15-10-21-22-11-15)7-8-16(18)19(24)20-12-17(23)13-5-3-2-4-6-13/h2-11,17,23H,12H2,1H3,(H,20,24)(H,21,22)/t17-/m0/s1. The highest BCUT2D eigenvalue weighted by Gasteiger charge is 2.15. The van der Waals surface area contributed by atoms with E-state index in [4.69, 9.17) is 4.74 Å². The second kappa shape index (κ2) is 7.63. The number of nitrogens with one attached hydrogen (secondary N) is 2. The van der Waals surface area contributed by atoms with Gasteiger partial charge in [0.2, 0.25) is 0 Å². The molecular formula is C19H19N3O3. The third kappa shape index (κ3) is 3.87. The number of ether oxygens (including phenoxy) is 1. The van der Waals surface area contributed by atoms with Crippen molar-refractivity contribution in [3.8, 4) is 16.9 Å². The zero-order valence-corrected chi connectivity index (χ0v) is 13.8. The largest absolute Gasteiger partial charge is 0.496 e. The molecule has 3 aromatic rings. The van der Waals surface area contributed by atoms with Crippen LogP contribution < -0.4 is 10.1 Å². The smallest absolute Gasteiger partial charge is 0.255 e. The molecule has 0 unspecified atom stereocenters. The van der Waals surface area contributed by atoms with Gasteiger partial charge in [-0.2, -0.15) is 5.10 Å². The van der Waals surface area contributed by atoms with Gasteiger partial charge >= 0.3 is 0 Å². The summed E-state index contributed by atoms with van der Waals surface area (Å²) in [6, 6.07) is 14.5. The lowest BCUT2D eigenvalue weighted by molar-refractivity contribution is 0.0913. The lowest BCUT2D eigenvalue weighted by Gasteiger charge is -2.14. The summed E-state index contributed by atoms with van der Waals surface area (Å²) in [7, 11) is 1.52. The quantitative estimate of drug-likeness (QED) is 0.645. The molecule has 0 radical (unpaired) electrons. The second-order valence-corrected chi connectivity index (χ2v) is 5.54. The Balaban J connectivity index is 1.71. The summed E-state index contributed by atoms with van der Waals surface area (Å²) in [6.45, 7) is 0.121. The van der Waals surface area contributed by atoms with Crippen molar-refractivity contribution in [3.63, 3.8) is 0 Å². The predicted molar refractivity (Wildman–Crippen MR) is 94.3 cm³/mol. The van der Waals surface area contributed by atoms with Crippen molar-refractivity contribution in [3.05, 3.63) is 72.1 Å². The summed E-state index contributed by atoms with van der Waals surface area (Å²) in [4.78, 5) is 12.4. The number of hydrogen-bond acceptors (Lipinski definition) is 4. The minimum absolute atomic E-state index is 0.121. The minimum atomic E-state index is -0.763. The van der Waals surface area contributed by atoms with E-state index >= 15 is 0 Å². The Morgan fingerprint density at radius 1 is 1.24 bits per heavy atom. The maximum atomic E-state index is 12.4. The number of aliphatic hydroxyl groups is 1. The maximum absolute atomic E-state index is 12.4. The molecule has 0 aliphatic rings. The molecule has 1 aromatic heterocycles. The summed E-state index contributed by atoms with van der Waals surface area (Å²) in [6.07, 6.45) is 2.71. The van der Waals surface area contributed by atoms with Crippen LogP contribution >= 0.6 is 0 Å². The van der Waals surface area contributed by atoms with E-state index in [1.807, 2.05) is 36.4 Å². The number of amides is 1. The van der Waals surface area contributed by atoms with Gasteiger partial charge in [0, 0.05) is 18.3 Å². The van der Waals surface area contributed by atoms with Gasteiger partial charge in [0.25, 0.3) is 5.91 Å². The summed E-state index contributed by atoms with van der Waals surface area (Å²) >= 11 is 0. The van der Waals surface area contributed by atoms with Crippen LogP contribution in [0.25, 0.3) is 11.1 Å². The molecular weight excluding hydrogens is 318 g/mol. The summed E-state index contributed by atoms with van der Waals surface area (Å²) in [5.74, 6) is 0.163. The highest BCUT2D eigenvalue weighted by Crippen LogP contribution is 2.26. The molecule has 0 bridgehead atoms. The Labute approximate surface area is 145 Å². The first kappa shape index (κ1) is 16.7. The molecule has 0 saturated heterocycles. The van der Waals surface area contributed by atoms with E-state index in [9.17, 15) is 9.90 Å². The molecule has 1 amide bonds. The number of benzene rings is 2. The molecule has 25 heavy (non-hydrogen) atoms. The van der Waals surface area contributed by atoms with E-state index in [0.29, 0.717) is 11.3 Å². The van der Waals surface area contributed by atoms with E-state index in [2.05, 4.69) is 15.5 Å². The van der Waals surface area contributed by atoms with Gasteiger partial charge < -0.3 is 15.2 Å². The topological polar surface area (TPSA) is 87.2 Å². The lowest BCUT2D eigenvalue weighted by atomic mass is 10.1. The molecule has 1 atom stereocenters. The van der Waals surface area contributed by atoms with Crippen LogP contribution in [0.3, 0.4) is 0 Å². The van der Waals surface area contributed by atoms with Crippen molar-refractivity contribution >= 4 is 5.91 Å². The molecule has 0 spiro atoms. The molecule has 0 aliphatic carbocycles. The first-order valence-corrected chi connectivity index (χ1v) is 7.87. The monoisotopic (exact) mass is 337 g/mol. The van der Waals surface area contributed by atoms with E-state index in [-0.39, 0.29) is 12.5 Å². The maximum Gasteiger partial charge on any atom is 0.255 e. The number of H-pyrrole nitrogens is 1. The zero-order chi connectivity index (χ0) is 17.6. The molecule has 6 heteroatoms. The summed E-state index contributed by atoms with van der Waals surface area (Å²) in [5, 5.41) is 19.6. The molecule has 0 aliphatic heterocycles. The van der Waals surface area contributed by atoms with Gasteiger partial charge in [-0.15, -0.1) is 0 Å². The summed E-state index contributed by atoms with van der Waals surface area (Å²) < 4.78 is 5.34. The number of aromatic nitrogens is 2. The third-order valence-corrected chi connectivity index (χ3v) is 3.92. The molecule has 6 nitrogen and oxygen atoms in total. The molecule has 3 rings (SSSR count). The van der Waals surface area contributed by atoms with Crippen LogP contribution in [0.1, 0.15) is 22.0 Å². The van der Waals surface area contributed by atoms with Crippen molar-refractivity contribution in [2.24, 2.45) is 0 Å². The number of carbonyl (C=O) groups is 1. The van der Waals surface area contributed by atoms with Crippen LogP contribution in [0.4, 0.5) is 0 Å². The van der Waals surface area contributed by atoms with Gasteiger partial charge in [0.15, 0.2) is 0 Å². The Hall–Kier alpha value is -3.12. The molecule has 0 fully saturated rings. The summed E-state index contributed by atoms with van der Waals surface area (Å²) in [5.41, 5.74) is 2.97. The Morgan fingerprint density at radius 3 is 2.72 bits per heavy atom. The van der Waals surface area contributed by atoms with Crippen molar-refractivity contribution in [2.75, 3.05) is 13.7 Å². The highest BCUT2D eigenvalue weighted by molar-refractivity contribution is 5.97. The van der Waals surface area contributed by atoms with Crippen LogP contribution in [0.15, 0.2) is 60.9 Å². The number of methoxy groups -OCH3 is 1. The van der Waals surface area contributed by atoms with Gasteiger partial charge in [-0.25, -0.2) is 0 Å². The SMILES string of the molecule is COc1cc(-c2cn[nH]c2)ccc1C(=O)NC[C@H](O)c1ccccc1. The zero-order valence-electron chi connectivity index (χ0n) is 13.8. The number of aromatic amines is 1. The van der Waals surface area contributed by atoms with Crippen LogP contribution in [0.2, 0.25) is 0 Å². The van der Waals surface area contributed by atoms with Crippen LogP contribution in [0.5, 0.6) is 5.75 Å². The fourth-order valence-corrected chi connectivity index (χ4v) is 2.54. The van der Waals surface area contributed by atoms with Gasteiger partial charge in [-0.3, -0.25) is 9.89 Å². The van der Waals surface area contributed by atoms with Gasteiger partial charge in [-0.05, 0) is 23.3 Å². The minimum Gasteiger partial charge on any atom is -0.496 e. The average molecular weight is 337 g/mol. The Kier molecular flexibility index (Phi) is 5.11. The van der Waals surface area contributed by atoms with Crippen LogP contribution in [0, 0.1) is 0 Å². The van der Waals surface area contributed by atoms with E-state index in [0.717, 1.165) is 16.7 Å². The van der Waals surface area contributed by atoms with Crippen LogP contribution in [-0.4, -0.2) is 34.9 Å². The van der Waals surface area contributed by atoms with Crippen molar-refractivity contribution < 1.29 is 14.6 Å². The van der Waals surface area contributed by atoms with E-state index < -0.39 is 6.10 Å². The van der Waals surface area contributed by atoms with E-state index in [1.165, 1.54) is 7.11 Å². The fraction of sp³-hybridized carbons (Fsp3) is 0.158. The Morgan fingerprint density at radius 2 is 2.04 bits per heavy atom. The van der Waals surface area contributed by atoms with Crippen molar-refractivity contribution in [1.29, 1.82) is 0 Å².